The predicted octanol–water partition coefficient (Wildman–Crippen LogP) is 2.47. The highest BCUT2D eigenvalue weighted by molar-refractivity contribution is 5.31. The molecule has 0 amide bonds. The van der Waals surface area contributed by atoms with Gasteiger partial charge in [-0.2, -0.15) is 0 Å². The van der Waals surface area contributed by atoms with Gasteiger partial charge in [-0.25, -0.2) is 0 Å². The summed E-state index contributed by atoms with van der Waals surface area (Å²) in [6.07, 6.45) is 1.42. The highest BCUT2D eigenvalue weighted by atomic mass is 16.5. The Labute approximate surface area is 102 Å². The van der Waals surface area contributed by atoms with E-state index >= 15 is 0 Å². The van der Waals surface area contributed by atoms with Crippen molar-refractivity contribution in [1.29, 1.82) is 0 Å². The standard InChI is InChI=1S/C14H20O3/c1-3-16-13-6-4-12(5-7-13)14(15)8-9-17-11(2)10-14/h4-7,11,15H,3,8-10H2,1-2H3. The third-order valence-electron chi connectivity index (χ3n) is 3.25. The molecule has 1 aromatic carbocycles. The fourth-order valence-corrected chi connectivity index (χ4v) is 2.36. The van der Waals surface area contributed by atoms with Gasteiger partial charge in [0.25, 0.3) is 0 Å². The molecular weight excluding hydrogens is 216 g/mol. The SMILES string of the molecule is CCOc1ccc(C2(O)CCOC(C)C2)cc1. The van der Waals surface area contributed by atoms with Crippen LogP contribution < -0.4 is 4.74 Å². The van der Waals surface area contributed by atoms with Gasteiger partial charge in [0.1, 0.15) is 5.75 Å². The lowest BCUT2D eigenvalue weighted by Gasteiger charge is -2.36. The molecule has 0 radical (unpaired) electrons. The van der Waals surface area contributed by atoms with Crippen LogP contribution in [-0.4, -0.2) is 24.4 Å². The van der Waals surface area contributed by atoms with E-state index in [0.717, 1.165) is 11.3 Å². The normalized spacial score (nSPS) is 29.0. The van der Waals surface area contributed by atoms with Crippen LogP contribution in [0, 0.1) is 0 Å². The van der Waals surface area contributed by atoms with E-state index < -0.39 is 5.60 Å². The Kier molecular flexibility index (Phi) is 3.69. The first-order valence-corrected chi connectivity index (χ1v) is 6.21. The van der Waals surface area contributed by atoms with E-state index in [9.17, 15) is 5.11 Å². The van der Waals surface area contributed by atoms with Crippen molar-refractivity contribution in [3.05, 3.63) is 29.8 Å². The zero-order valence-electron chi connectivity index (χ0n) is 10.5. The Bertz CT molecular complexity index is 360. The molecule has 0 spiro atoms. The number of aliphatic hydroxyl groups is 1. The van der Waals surface area contributed by atoms with Crippen LogP contribution in [0.25, 0.3) is 0 Å². The number of benzene rings is 1. The molecule has 1 aliphatic heterocycles. The maximum Gasteiger partial charge on any atom is 0.119 e. The van der Waals surface area contributed by atoms with Crippen LogP contribution in [0.15, 0.2) is 24.3 Å². The lowest BCUT2D eigenvalue weighted by Crippen LogP contribution is -2.37. The fraction of sp³-hybridized carbons (Fsp3) is 0.571. The molecule has 1 aliphatic rings. The van der Waals surface area contributed by atoms with Gasteiger partial charge >= 0.3 is 0 Å². The average molecular weight is 236 g/mol. The second-order valence-corrected chi connectivity index (χ2v) is 4.62. The minimum atomic E-state index is -0.748. The Morgan fingerprint density at radius 2 is 2.12 bits per heavy atom. The largest absolute Gasteiger partial charge is 0.494 e. The van der Waals surface area contributed by atoms with E-state index in [4.69, 9.17) is 9.47 Å². The predicted molar refractivity (Wildman–Crippen MR) is 66.2 cm³/mol. The summed E-state index contributed by atoms with van der Waals surface area (Å²) in [5, 5.41) is 10.6. The highest BCUT2D eigenvalue weighted by Crippen LogP contribution is 2.35. The van der Waals surface area contributed by atoms with Crippen LogP contribution in [0.2, 0.25) is 0 Å². The summed E-state index contributed by atoms with van der Waals surface area (Å²) in [6, 6.07) is 7.72. The third-order valence-corrected chi connectivity index (χ3v) is 3.25. The van der Waals surface area contributed by atoms with Gasteiger partial charge in [0, 0.05) is 12.8 Å². The maximum absolute atomic E-state index is 10.6. The number of rotatable bonds is 3. The maximum atomic E-state index is 10.6. The zero-order valence-corrected chi connectivity index (χ0v) is 10.5. The summed E-state index contributed by atoms with van der Waals surface area (Å²) >= 11 is 0. The molecule has 1 fully saturated rings. The van der Waals surface area contributed by atoms with Crippen molar-refractivity contribution in [2.75, 3.05) is 13.2 Å². The van der Waals surface area contributed by atoms with Crippen LogP contribution in [0.1, 0.15) is 32.3 Å². The van der Waals surface area contributed by atoms with E-state index in [2.05, 4.69) is 0 Å². The monoisotopic (exact) mass is 236 g/mol. The second-order valence-electron chi connectivity index (χ2n) is 4.62. The lowest BCUT2D eigenvalue weighted by atomic mass is 9.84. The first-order chi connectivity index (χ1) is 8.14. The van der Waals surface area contributed by atoms with Crippen molar-refractivity contribution in [2.24, 2.45) is 0 Å². The Morgan fingerprint density at radius 1 is 1.41 bits per heavy atom. The molecule has 1 aromatic rings. The van der Waals surface area contributed by atoms with Gasteiger partial charge < -0.3 is 14.6 Å². The molecule has 2 rings (SSSR count). The molecule has 2 unspecified atom stereocenters. The lowest BCUT2D eigenvalue weighted by molar-refractivity contribution is -0.101. The molecule has 0 bridgehead atoms. The van der Waals surface area contributed by atoms with Gasteiger partial charge in [-0.05, 0) is 31.5 Å². The molecule has 94 valence electrons. The van der Waals surface area contributed by atoms with Gasteiger partial charge in [-0.15, -0.1) is 0 Å². The van der Waals surface area contributed by atoms with Crippen molar-refractivity contribution < 1.29 is 14.6 Å². The fourth-order valence-electron chi connectivity index (χ4n) is 2.36. The molecule has 0 aliphatic carbocycles. The molecular formula is C14H20O3. The molecule has 1 saturated heterocycles. The Hall–Kier alpha value is -1.06. The van der Waals surface area contributed by atoms with Crippen LogP contribution in [-0.2, 0) is 10.3 Å². The van der Waals surface area contributed by atoms with E-state index in [1.54, 1.807) is 0 Å². The molecule has 0 aromatic heterocycles. The second kappa shape index (κ2) is 5.07. The molecule has 1 N–H and O–H groups in total. The number of hydrogen-bond donors (Lipinski definition) is 1. The number of ether oxygens (including phenoxy) is 2. The molecule has 2 atom stereocenters. The minimum Gasteiger partial charge on any atom is -0.494 e. The van der Waals surface area contributed by atoms with Crippen molar-refractivity contribution in [3.63, 3.8) is 0 Å². The molecule has 1 heterocycles. The van der Waals surface area contributed by atoms with Gasteiger partial charge in [-0.3, -0.25) is 0 Å². The van der Waals surface area contributed by atoms with E-state index in [0.29, 0.717) is 26.1 Å². The van der Waals surface area contributed by atoms with E-state index in [1.165, 1.54) is 0 Å². The van der Waals surface area contributed by atoms with Gasteiger partial charge in [-0.1, -0.05) is 12.1 Å². The molecule has 3 heteroatoms. The topological polar surface area (TPSA) is 38.7 Å². The third kappa shape index (κ3) is 2.79. The van der Waals surface area contributed by atoms with Gasteiger partial charge in [0.15, 0.2) is 0 Å². The van der Waals surface area contributed by atoms with Crippen molar-refractivity contribution in [3.8, 4) is 5.75 Å². The average Bonchev–Trinajstić information content (AvgIpc) is 2.30. The first-order valence-electron chi connectivity index (χ1n) is 6.21. The van der Waals surface area contributed by atoms with Crippen LogP contribution >= 0.6 is 0 Å². The summed E-state index contributed by atoms with van der Waals surface area (Å²) < 4.78 is 10.9. The minimum absolute atomic E-state index is 0.111. The van der Waals surface area contributed by atoms with Crippen LogP contribution in [0.3, 0.4) is 0 Å². The van der Waals surface area contributed by atoms with Crippen molar-refractivity contribution >= 4 is 0 Å². The van der Waals surface area contributed by atoms with E-state index in [-0.39, 0.29) is 6.10 Å². The van der Waals surface area contributed by atoms with Crippen molar-refractivity contribution in [2.45, 2.75) is 38.4 Å². The van der Waals surface area contributed by atoms with Crippen LogP contribution in [0.5, 0.6) is 5.75 Å². The van der Waals surface area contributed by atoms with E-state index in [1.807, 2.05) is 38.1 Å². The Morgan fingerprint density at radius 3 is 2.71 bits per heavy atom. The Balaban J connectivity index is 2.15. The van der Waals surface area contributed by atoms with Crippen molar-refractivity contribution in [1.82, 2.24) is 0 Å². The first kappa shape index (κ1) is 12.4. The summed E-state index contributed by atoms with van der Waals surface area (Å²) in [5.41, 5.74) is 0.207. The summed E-state index contributed by atoms with van der Waals surface area (Å²) in [6.45, 7) is 5.24. The smallest absolute Gasteiger partial charge is 0.119 e. The quantitative estimate of drug-likeness (QED) is 0.876. The number of hydrogen-bond acceptors (Lipinski definition) is 3. The zero-order chi connectivity index (χ0) is 12.3. The molecule has 17 heavy (non-hydrogen) atoms. The van der Waals surface area contributed by atoms with Crippen LogP contribution in [0.4, 0.5) is 0 Å². The van der Waals surface area contributed by atoms with Gasteiger partial charge in [0.05, 0.1) is 24.9 Å². The molecule has 0 saturated carbocycles. The summed E-state index contributed by atoms with van der Waals surface area (Å²) in [5.74, 6) is 0.847. The molecule has 3 nitrogen and oxygen atoms in total. The summed E-state index contributed by atoms with van der Waals surface area (Å²) in [7, 11) is 0. The summed E-state index contributed by atoms with van der Waals surface area (Å²) in [4.78, 5) is 0. The van der Waals surface area contributed by atoms with Gasteiger partial charge in [0.2, 0.25) is 0 Å². The highest BCUT2D eigenvalue weighted by Gasteiger charge is 2.34.